The first kappa shape index (κ1) is 19.3. The summed E-state index contributed by atoms with van der Waals surface area (Å²) in [6.07, 6.45) is 11.1. The number of aryl methyl sites for hydroxylation is 1. The lowest BCUT2D eigenvalue weighted by atomic mass is 10.1. The predicted molar refractivity (Wildman–Crippen MR) is 128 cm³/mol. The normalized spacial score (nSPS) is 19.8. The van der Waals surface area contributed by atoms with Crippen LogP contribution in [-0.4, -0.2) is 58.4 Å². The number of likely N-dealkylation sites (tertiary alicyclic amines) is 1. The highest BCUT2D eigenvalue weighted by Gasteiger charge is 2.24. The molecule has 2 aliphatic heterocycles. The number of aromatic nitrogens is 2. The minimum absolute atomic E-state index is 0.0919. The SMILES string of the molecule is OC1CCN(CCCN2CCCn3c4c(c5nc6ccccc6c2c53)=CCCC=4)CC1. The van der Waals surface area contributed by atoms with E-state index in [2.05, 4.69) is 50.8 Å². The Morgan fingerprint density at radius 2 is 1.81 bits per heavy atom. The van der Waals surface area contributed by atoms with Crippen molar-refractivity contribution < 1.29 is 5.11 Å². The molecular weight excluding hydrogens is 384 g/mol. The minimum atomic E-state index is -0.0919. The van der Waals surface area contributed by atoms with Crippen molar-refractivity contribution in [1.29, 1.82) is 0 Å². The molecule has 1 saturated heterocycles. The second-order valence-corrected chi connectivity index (χ2v) is 9.38. The molecule has 0 saturated carbocycles. The number of pyridine rings is 1. The topological polar surface area (TPSA) is 44.5 Å². The third-order valence-electron chi connectivity index (χ3n) is 7.37. The molecule has 0 bridgehead atoms. The van der Waals surface area contributed by atoms with Crippen LogP contribution >= 0.6 is 0 Å². The van der Waals surface area contributed by atoms with Crippen molar-refractivity contribution in [2.75, 3.05) is 37.6 Å². The monoisotopic (exact) mass is 416 g/mol. The van der Waals surface area contributed by atoms with Crippen molar-refractivity contribution in [2.45, 2.75) is 51.2 Å². The van der Waals surface area contributed by atoms with E-state index < -0.39 is 0 Å². The molecule has 2 aromatic heterocycles. The van der Waals surface area contributed by atoms with Gasteiger partial charge in [-0.3, -0.25) is 0 Å². The van der Waals surface area contributed by atoms with Gasteiger partial charge < -0.3 is 19.5 Å². The van der Waals surface area contributed by atoms with Crippen LogP contribution < -0.4 is 15.5 Å². The summed E-state index contributed by atoms with van der Waals surface area (Å²) in [6.45, 7) is 6.43. The average Bonchev–Trinajstić information content (AvgIpc) is 2.98. The zero-order valence-corrected chi connectivity index (χ0v) is 18.3. The molecule has 5 nitrogen and oxygen atoms in total. The number of aliphatic hydroxyl groups is 1. The molecule has 0 radical (unpaired) electrons. The van der Waals surface area contributed by atoms with Gasteiger partial charge in [0, 0.05) is 48.7 Å². The molecule has 4 heterocycles. The smallest absolute Gasteiger partial charge is 0.0985 e. The molecule has 1 aliphatic carbocycles. The van der Waals surface area contributed by atoms with Crippen molar-refractivity contribution in [3.05, 3.63) is 34.8 Å². The van der Waals surface area contributed by atoms with E-state index in [9.17, 15) is 5.11 Å². The van der Waals surface area contributed by atoms with Gasteiger partial charge in [-0.25, -0.2) is 4.98 Å². The number of hydrogen-bond donors (Lipinski definition) is 1. The minimum Gasteiger partial charge on any atom is -0.393 e. The van der Waals surface area contributed by atoms with Crippen LogP contribution in [0.5, 0.6) is 0 Å². The quantitative estimate of drug-likeness (QED) is 0.710. The Morgan fingerprint density at radius 1 is 0.968 bits per heavy atom. The van der Waals surface area contributed by atoms with Gasteiger partial charge in [0.2, 0.25) is 0 Å². The molecular formula is C26H32N4O. The number of piperidine rings is 1. The first-order chi connectivity index (χ1) is 15.3. The summed E-state index contributed by atoms with van der Waals surface area (Å²) >= 11 is 0. The van der Waals surface area contributed by atoms with Gasteiger partial charge in [0.05, 0.1) is 28.3 Å². The number of rotatable bonds is 4. The molecule has 0 amide bonds. The first-order valence-electron chi connectivity index (χ1n) is 12.1. The van der Waals surface area contributed by atoms with Gasteiger partial charge in [0.15, 0.2) is 0 Å². The third-order valence-corrected chi connectivity index (χ3v) is 7.37. The molecule has 162 valence electrons. The molecule has 0 spiro atoms. The molecule has 1 N–H and O–H groups in total. The standard InChI is InChI=1S/C26H32N4O/c31-19-11-17-28(18-12-19)13-5-14-29-15-6-16-30-23-10-4-2-8-21(23)24-26(30)25(29)20-7-1-3-9-22(20)27-24/h1,3,7-10,19,31H,2,4-6,11-18H2. The summed E-state index contributed by atoms with van der Waals surface area (Å²) in [5.41, 5.74) is 5.04. The van der Waals surface area contributed by atoms with E-state index in [1.807, 2.05) is 0 Å². The number of fused-ring (bicyclic) bond motifs is 5. The Labute approximate surface area is 183 Å². The van der Waals surface area contributed by atoms with Crippen LogP contribution in [0.1, 0.15) is 38.5 Å². The molecule has 31 heavy (non-hydrogen) atoms. The zero-order valence-electron chi connectivity index (χ0n) is 18.3. The third kappa shape index (κ3) is 3.35. The first-order valence-corrected chi connectivity index (χ1v) is 12.1. The maximum atomic E-state index is 9.79. The van der Waals surface area contributed by atoms with Crippen molar-refractivity contribution >= 4 is 39.8 Å². The summed E-state index contributed by atoms with van der Waals surface area (Å²) in [6, 6.07) is 8.69. The number of anilines is 1. The van der Waals surface area contributed by atoms with E-state index in [0.29, 0.717) is 0 Å². The maximum absolute atomic E-state index is 9.79. The van der Waals surface area contributed by atoms with E-state index in [0.717, 1.165) is 76.9 Å². The highest BCUT2D eigenvalue weighted by atomic mass is 16.3. The van der Waals surface area contributed by atoms with Crippen LogP contribution in [-0.2, 0) is 6.54 Å². The van der Waals surface area contributed by atoms with Crippen molar-refractivity contribution in [3.63, 3.8) is 0 Å². The van der Waals surface area contributed by atoms with Gasteiger partial charge in [-0.05, 0) is 51.1 Å². The molecule has 6 rings (SSSR count). The van der Waals surface area contributed by atoms with E-state index in [1.54, 1.807) is 0 Å². The van der Waals surface area contributed by atoms with Crippen molar-refractivity contribution in [2.24, 2.45) is 0 Å². The highest BCUT2D eigenvalue weighted by Crippen LogP contribution is 2.34. The lowest BCUT2D eigenvalue weighted by Gasteiger charge is -2.31. The Bertz CT molecular complexity index is 1240. The lowest BCUT2D eigenvalue weighted by Crippen LogP contribution is -2.37. The van der Waals surface area contributed by atoms with E-state index in [1.165, 1.54) is 39.1 Å². The van der Waals surface area contributed by atoms with Gasteiger partial charge in [-0.2, -0.15) is 0 Å². The van der Waals surface area contributed by atoms with Crippen LogP contribution in [0, 0.1) is 0 Å². The fourth-order valence-corrected chi connectivity index (χ4v) is 5.82. The Morgan fingerprint density at radius 3 is 2.71 bits per heavy atom. The molecule has 0 unspecified atom stereocenters. The summed E-state index contributed by atoms with van der Waals surface area (Å²) in [4.78, 5) is 10.3. The Kier molecular flexibility index (Phi) is 4.96. The Hall–Kier alpha value is -2.37. The Balaban J connectivity index is 1.41. The summed E-state index contributed by atoms with van der Waals surface area (Å²) in [7, 11) is 0. The van der Waals surface area contributed by atoms with Gasteiger partial charge in [0.25, 0.3) is 0 Å². The second-order valence-electron chi connectivity index (χ2n) is 9.38. The zero-order chi connectivity index (χ0) is 20.8. The van der Waals surface area contributed by atoms with E-state index in [-0.39, 0.29) is 6.10 Å². The van der Waals surface area contributed by atoms with Crippen LogP contribution in [0.25, 0.3) is 34.1 Å². The van der Waals surface area contributed by atoms with Gasteiger partial charge >= 0.3 is 0 Å². The van der Waals surface area contributed by atoms with Crippen LogP contribution in [0.4, 0.5) is 5.69 Å². The average molecular weight is 417 g/mol. The largest absolute Gasteiger partial charge is 0.393 e. The maximum Gasteiger partial charge on any atom is 0.0985 e. The fourth-order valence-electron chi connectivity index (χ4n) is 5.82. The summed E-state index contributed by atoms with van der Waals surface area (Å²) < 4.78 is 2.56. The lowest BCUT2D eigenvalue weighted by molar-refractivity contribution is 0.0823. The molecule has 5 heteroatoms. The van der Waals surface area contributed by atoms with Gasteiger partial charge in [-0.1, -0.05) is 30.4 Å². The van der Waals surface area contributed by atoms with Crippen molar-refractivity contribution in [3.8, 4) is 0 Å². The highest BCUT2D eigenvalue weighted by molar-refractivity contribution is 6.07. The van der Waals surface area contributed by atoms with Crippen LogP contribution in [0.2, 0.25) is 0 Å². The number of aliphatic hydroxyl groups excluding tert-OH is 1. The summed E-state index contributed by atoms with van der Waals surface area (Å²) in [5, 5.41) is 13.8. The predicted octanol–water partition coefficient (Wildman–Crippen LogP) is 2.60. The second kappa shape index (κ2) is 7.95. The fraction of sp³-hybridized carbons (Fsp3) is 0.500. The molecule has 3 aromatic rings. The van der Waals surface area contributed by atoms with Gasteiger partial charge in [0.1, 0.15) is 0 Å². The molecule has 1 aromatic carbocycles. The molecule has 3 aliphatic rings. The number of nitrogens with zero attached hydrogens (tertiary/aromatic N) is 4. The number of benzene rings is 1. The summed E-state index contributed by atoms with van der Waals surface area (Å²) in [5.74, 6) is 0. The van der Waals surface area contributed by atoms with Gasteiger partial charge in [-0.15, -0.1) is 0 Å². The van der Waals surface area contributed by atoms with E-state index >= 15 is 0 Å². The van der Waals surface area contributed by atoms with E-state index in [4.69, 9.17) is 4.98 Å². The number of para-hydroxylation sites is 1. The molecule has 1 fully saturated rings. The molecule has 0 atom stereocenters. The van der Waals surface area contributed by atoms with Crippen LogP contribution in [0.15, 0.2) is 24.3 Å². The van der Waals surface area contributed by atoms with Crippen molar-refractivity contribution in [1.82, 2.24) is 14.5 Å². The number of hydrogen-bond acceptors (Lipinski definition) is 4. The van der Waals surface area contributed by atoms with Crippen LogP contribution in [0.3, 0.4) is 0 Å².